The van der Waals surface area contributed by atoms with Crippen molar-refractivity contribution in [1.82, 2.24) is 10.3 Å². The Morgan fingerprint density at radius 3 is 2.71 bits per heavy atom. The number of carbonyl (C=O) groups excluding carboxylic acids is 1. The van der Waals surface area contributed by atoms with E-state index in [1.807, 2.05) is 0 Å². The molecule has 3 aliphatic rings. The lowest BCUT2D eigenvalue weighted by Gasteiger charge is -2.25. The zero-order chi connectivity index (χ0) is 19.1. The summed E-state index contributed by atoms with van der Waals surface area (Å²) in [7, 11) is 0. The van der Waals surface area contributed by atoms with E-state index in [1.165, 1.54) is 48.1 Å². The Balaban J connectivity index is 1.51. The molecule has 2 aliphatic heterocycles. The third-order valence-corrected chi connectivity index (χ3v) is 7.40. The number of nitrogens with two attached hydrogens (primary N) is 1. The Bertz CT molecular complexity index is 898. The molecule has 4 heterocycles. The number of aromatic nitrogens is 1. The summed E-state index contributed by atoms with van der Waals surface area (Å²) in [5.41, 5.74) is 9.84. The van der Waals surface area contributed by atoms with Crippen LogP contribution in [-0.4, -0.2) is 43.2 Å². The first-order chi connectivity index (χ1) is 13.7. The van der Waals surface area contributed by atoms with Gasteiger partial charge in [0.15, 0.2) is 0 Å². The standard InChI is InChI=1S/C21H28N4O2S/c22-17-16-14-7-1-2-8-15(14)19(25-9-3-4-10-25)24-21(16)28-18(17)20(26)23-12-13-6-5-11-27-13/h13H,1-12,22H2,(H,23,26)/t13-/m0/s1. The van der Waals surface area contributed by atoms with Gasteiger partial charge in [-0.15, -0.1) is 11.3 Å². The molecule has 2 saturated heterocycles. The summed E-state index contributed by atoms with van der Waals surface area (Å²) in [6.07, 6.45) is 9.17. The molecular formula is C21H28N4O2S. The first-order valence-corrected chi connectivity index (χ1v) is 11.4. The third-order valence-electron chi connectivity index (χ3n) is 6.30. The molecular weight excluding hydrogens is 372 g/mol. The van der Waals surface area contributed by atoms with Gasteiger partial charge >= 0.3 is 0 Å². The van der Waals surface area contributed by atoms with Crippen LogP contribution in [0.25, 0.3) is 10.2 Å². The van der Waals surface area contributed by atoms with E-state index in [1.54, 1.807) is 0 Å². The number of nitrogens with one attached hydrogen (secondary N) is 1. The molecule has 2 fully saturated rings. The molecule has 0 aromatic carbocycles. The molecule has 0 bridgehead atoms. The number of amides is 1. The highest BCUT2D eigenvalue weighted by atomic mass is 32.1. The summed E-state index contributed by atoms with van der Waals surface area (Å²) in [6.45, 7) is 3.51. The summed E-state index contributed by atoms with van der Waals surface area (Å²) in [5, 5.41) is 4.05. The van der Waals surface area contributed by atoms with Crippen molar-refractivity contribution >= 4 is 39.0 Å². The molecule has 2 aromatic heterocycles. The van der Waals surface area contributed by atoms with E-state index in [-0.39, 0.29) is 12.0 Å². The quantitative estimate of drug-likeness (QED) is 0.823. The normalized spacial score (nSPS) is 22.0. The molecule has 0 saturated carbocycles. The average Bonchev–Trinajstić information content (AvgIpc) is 3.47. The maximum atomic E-state index is 12.8. The van der Waals surface area contributed by atoms with Crippen LogP contribution in [0.5, 0.6) is 0 Å². The molecule has 3 N–H and O–H groups in total. The topological polar surface area (TPSA) is 80.5 Å². The molecule has 28 heavy (non-hydrogen) atoms. The van der Waals surface area contributed by atoms with Crippen molar-refractivity contribution in [2.45, 2.75) is 57.5 Å². The minimum Gasteiger partial charge on any atom is -0.397 e. The van der Waals surface area contributed by atoms with Gasteiger partial charge in [-0.1, -0.05) is 0 Å². The number of rotatable bonds is 4. The first-order valence-electron chi connectivity index (χ1n) is 10.6. The number of nitrogens with zero attached hydrogens (tertiary/aromatic N) is 2. The maximum absolute atomic E-state index is 12.8. The van der Waals surface area contributed by atoms with Gasteiger partial charge in [-0.05, 0) is 62.5 Å². The Morgan fingerprint density at radius 2 is 1.96 bits per heavy atom. The number of pyridine rings is 1. The van der Waals surface area contributed by atoms with E-state index in [4.69, 9.17) is 15.5 Å². The second kappa shape index (κ2) is 7.52. The smallest absolute Gasteiger partial charge is 0.263 e. The molecule has 5 rings (SSSR count). The van der Waals surface area contributed by atoms with Crippen LogP contribution in [0.3, 0.4) is 0 Å². The van der Waals surface area contributed by atoms with Gasteiger partial charge in [-0.25, -0.2) is 4.98 Å². The average molecular weight is 401 g/mol. The van der Waals surface area contributed by atoms with Gasteiger partial charge < -0.3 is 20.7 Å². The molecule has 1 amide bonds. The number of aryl methyl sites for hydroxylation is 1. The fourth-order valence-electron chi connectivity index (χ4n) is 4.84. The van der Waals surface area contributed by atoms with Gasteiger partial charge in [-0.3, -0.25) is 4.79 Å². The van der Waals surface area contributed by atoms with Crippen LogP contribution in [0.2, 0.25) is 0 Å². The Morgan fingerprint density at radius 1 is 1.18 bits per heavy atom. The SMILES string of the molecule is Nc1c(C(=O)NC[C@@H]2CCCO2)sc2nc(N3CCCC3)c3c(c12)CCCC3. The van der Waals surface area contributed by atoms with Crippen LogP contribution in [-0.2, 0) is 17.6 Å². The van der Waals surface area contributed by atoms with E-state index in [0.717, 1.165) is 61.4 Å². The van der Waals surface area contributed by atoms with Crippen LogP contribution in [0.15, 0.2) is 0 Å². The number of nitrogen functional groups attached to an aromatic ring is 1. The van der Waals surface area contributed by atoms with Crippen molar-refractivity contribution in [1.29, 1.82) is 0 Å². The zero-order valence-electron chi connectivity index (χ0n) is 16.3. The highest BCUT2D eigenvalue weighted by Gasteiger charge is 2.28. The number of ether oxygens (including phenoxy) is 1. The summed E-state index contributed by atoms with van der Waals surface area (Å²) in [4.78, 5) is 21.8. The van der Waals surface area contributed by atoms with Gasteiger partial charge in [0.05, 0.1) is 11.8 Å². The number of anilines is 2. The second-order valence-electron chi connectivity index (χ2n) is 8.16. The highest BCUT2D eigenvalue weighted by Crippen LogP contribution is 2.42. The van der Waals surface area contributed by atoms with Crippen molar-refractivity contribution in [3.8, 4) is 0 Å². The molecule has 0 radical (unpaired) electrons. The van der Waals surface area contributed by atoms with Crippen LogP contribution in [0.4, 0.5) is 11.5 Å². The van der Waals surface area contributed by atoms with E-state index in [0.29, 0.717) is 17.1 Å². The fourth-order valence-corrected chi connectivity index (χ4v) is 5.88. The van der Waals surface area contributed by atoms with Gasteiger partial charge in [0.25, 0.3) is 5.91 Å². The van der Waals surface area contributed by atoms with Crippen molar-refractivity contribution < 1.29 is 9.53 Å². The van der Waals surface area contributed by atoms with Crippen LogP contribution < -0.4 is 16.0 Å². The molecule has 1 atom stereocenters. The molecule has 0 spiro atoms. The summed E-state index contributed by atoms with van der Waals surface area (Å²) in [6, 6.07) is 0. The lowest BCUT2D eigenvalue weighted by Crippen LogP contribution is -2.31. The van der Waals surface area contributed by atoms with E-state index >= 15 is 0 Å². The van der Waals surface area contributed by atoms with Crippen molar-refractivity contribution in [2.24, 2.45) is 0 Å². The van der Waals surface area contributed by atoms with Gasteiger partial charge in [0, 0.05) is 31.6 Å². The predicted molar refractivity (Wildman–Crippen MR) is 113 cm³/mol. The van der Waals surface area contributed by atoms with Crippen molar-refractivity contribution in [2.75, 3.05) is 36.9 Å². The van der Waals surface area contributed by atoms with Crippen LogP contribution >= 0.6 is 11.3 Å². The third kappa shape index (κ3) is 3.14. The summed E-state index contributed by atoms with van der Waals surface area (Å²) in [5.74, 6) is 1.05. The van der Waals surface area contributed by atoms with Crippen LogP contribution in [0.1, 0.15) is 59.3 Å². The first kappa shape index (κ1) is 18.2. The molecule has 6 nitrogen and oxygen atoms in total. The lowest BCUT2D eigenvalue weighted by molar-refractivity contribution is 0.0862. The fraction of sp³-hybridized carbons (Fsp3) is 0.619. The monoisotopic (exact) mass is 400 g/mol. The molecule has 0 unspecified atom stereocenters. The summed E-state index contributed by atoms with van der Waals surface area (Å²) >= 11 is 1.44. The lowest BCUT2D eigenvalue weighted by atomic mass is 9.89. The number of hydrogen-bond donors (Lipinski definition) is 2. The number of carbonyl (C=O) groups is 1. The van der Waals surface area contributed by atoms with E-state index < -0.39 is 0 Å². The Kier molecular flexibility index (Phi) is 4.88. The van der Waals surface area contributed by atoms with Crippen molar-refractivity contribution in [3.05, 3.63) is 16.0 Å². The Hall–Kier alpha value is -1.86. The Labute approximate surface area is 169 Å². The largest absolute Gasteiger partial charge is 0.397 e. The number of thiophene rings is 1. The molecule has 7 heteroatoms. The molecule has 150 valence electrons. The molecule has 2 aromatic rings. The number of hydrogen-bond acceptors (Lipinski definition) is 6. The maximum Gasteiger partial charge on any atom is 0.263 e. The van der Waals surface area contributed by atoms with Crippen LogP contribution in [0, 0.1) is 0 Å². The zero-order valence-corrected chi connectivity index (χ0v) is 17.1. The predicted octanol–water partition coefficient (Wildman–Crippen LogP) is 3.27. The minimum absolute atomic E-state index is 0.0942. The van der Waals surface area contributed by atoms with Crippen molar-refractivity contribution in [3.63, 3.8) is 0 Å². The minimum atomic E-state index is -0.0942. The van der Waals surface area contributed by atoms with E-state index in [9.17, 15) is 4.79 Å². The molecule has 1 aliphatic carbocycles. The van der Waals surface area contributed by atoms with Gasteiger partial charge in [0.2, 0.25) is 0 Å². The van der Waals surface area contributed by atoms with E-state index in [2.05, 4.69) is 10.2 Å². The number of fused-ring (bicyclic) bond motifs is 3. The van der Waals surface area contributed by atoms with Gasteiger partial charge in [-0.2, -0.15) is 0 Å². The summed E-state index contributed by atoms with van der Waals surface area (Å²) < 4.78 is 5.62. The van der Waals surface area contributed by atoms with Gasteiger partial charge in [0.1, 0.15) is 15.5 Å². The second-order valence-corrected chi connectivity index (χ2v) is 9.16. The highest BCUT2D eigenvalue weighted by molar-refractivity contribution is 7.21.